The minimum atomic E-state index is -4.16. The number of aliphatic hydroxyl groups excluding tert-OH is 1. The number of hydrogen-bond acceptors (Lipinski definition) is 9. The second kappa shape index (κ2) is 19.6. The number of carbonyl (C=O) groups is 2. The van der Waals surface area contributed by atoms with Crippen LogP contribution in [0.5, 0.6) is 5.75 Å². The fourth-order valence-corrected chi connectivity index (χ4v) is 6.70. The molecular weight excluding hydrogens is 645 g/mol. The van der Waals surface area contributed by atoms with Gasteiger partial charge in [-0.1, -0.05) is 49.2 Å². The number of aldehydes is 1. The SMILES string of the molecule is CC(C)(C)OC(=O)N(CCCCCCOCCCCc1ccccc1)CC(O)c1ccc(OP(=O)(OC(C)(C)C)OC(C)(C)C)c(C=O)c1. The number of hydrogen-bond donors (Lipinski definition) is 1. The Labute approximate surface area is 294 Å². The largest absolute Gasteiger partial charge is 0.531 e. The van der Waals surface area contributed by atoms with Crippen molar-refractivity contribution in [2.75, 3.05) is 26.3 Å². The second-order valence-corrected chi connectivity index (χ2v) is 16.7. The molecule has 1 unspecified atom stereocenters. The molecular formula is C38H60NO9P. The van der Waals surface area contributed by atoms with Gasteiger partial charge >= 0.3 is 13.9 Å². The van der Waals surface area contributed by atoms with Crippen molar-refractivity contribution < 1.29 is 42.3 Å². The van der Waals surface area contributed by atoms with Crippen LogP contribution in [0.15, 0.2) is 48.5 Å². The molecule has 49 heavy (non-hydrogen) atoms. The van der Waals surface area contributed by atoms with Crippen LogP contribution in [0.3, 0.4) is 0 Å². The van der Waals surface area contributed by atoms with Gasteiger partial charge in [0.1, 0.15) is 11.4 Å². The lowest BCUT2D eigenvalue weighted by Crippen LogP contribution is -2.39. The van der Waals surface area contributed by atoms with E-state index in [0.717, 1.165) is 51.6 Å². The van der Waals surface area contributed by atoms with E-state index in [1.54, 1.807) is 68.4 Å². The monoisotopic (exact) mass is 705 g/mol. The quantitative estimate of drug-likeness (QED) is 0.0816. The fraction of sp³-hybridized carbons (Fsp3) is 0.632. The van der Waals surface area contributed by atoms with Crippen LogP contribution in [-0.2, 0) is 29.5 Å². The highest BCUT2D eigenvalue weighted by molar-refractivity contribution is 7.49. The number of carbonyl (C=O) groups excluding carboxylic acids is 2. The number of unbranched alkanes of at least 4 members (excludes halogenated alkanes) is 4. The molecule has 1 atom stereocenters. The summed E-state index contributed by atoms with van der Waals surface area (Å²) in [4.78, 5) is 26.7. The number of benzene rings is 2. The van der Waals surface area contributed by atoms with Crippen LogP contribution in [0.4, 0.5) is 4.79 Å². The highest BCUT2D eigenvalue weighted by Crippen LogP contribution is 2.55. The van der Waals surface area contributed by atoms with Crippen molar-refractivity contribution in [3.8, 4) is 5.75 Å². The van der Waals surface area contributed by atoms with Crippen molar-refractivity contribution in [1.29, 1.82) is 0 Å². The van der Waals surface area contributed by atoms with E-state index in [0.29, 0.717) is 25.0 Å². The predicted molar refractivity (Wildman–Crippen MR) is 193 cm³/mol. The maximum Gasteiger partial charge on any atom is 0.531 e. The Bertz CT molecular complexity index is 1310. The van der Waals surface area contributed by atoms with E-state index in [-0.39, 0.29) is 17.9 Å². The van der Waals surface area contributed by atoms with Crippen LogP contribution in [0.25, 0.3) is 0 Å². The van der Waals surface area contributed by atoms with E-state index in [4.69, 9.17) is 23.0 Å². The Morgan fingerprint density at radius 3 is 1.98 bits per heavy atom. The van der Waals surface area contributed by atoms with E-state index in [1.165, 1.54) is 22.6 Å². The zero-order valence-corrected chi connectivity index (χ0v) is 32.1. The number of amides is 1. The molecule has 0 fully saturated rings. The van der Waals surface area contributed by atoms with Gasteiger partial charge in [-0.2, -0.15) is 0 Å². The van der Waals surface area contributed by atoms with Crippen LogP contribution in [0.2, 0.25) is 0 Å². The average molecular weight is 706 g/mol. The summed E-state index contributed by atoms with van der Waals surface area (Å²) in [6, 6.07) is 14.9. The number of phosphoric ester groups is 1. The Kier molecular flexibility index (Phi) is 17.0. The molecule has 2 rings (SSSR count). The zero-order chi connectivity index (χ0) is 36.7. The Morgan fingerprint density at radius 1 is 0.816 bits per heavy atom. The van der Waals surface area contributed by atoms with Crippen molar-refractivity contribution in [2.24, 2.45) is 0 Å². The first-order chi connectivity index (χ1) is 22.8. The third-order valence-electron chi connectivity index (χ3n) is 6.89. The number of phosphoric acid groups is 1. The third kappa shape index (κ3) is 18.2. The van der Waals surface area contributed by atoms with Crippen LogP contribution in [0, 0.1) is 0 Å². The summed E-state index contributed by atoms with van der Waals surface area (Å²) >= 11 is 0. The molecule has 1 N–H and O–H groups in total. The minimum absolute atomic E-state index is 0.0112. The normalized spacial score (nSPS) is 13.2. The van der Waals surface area contributed by atoms with Gasteiger partial charge in [0.25, 0.3) is 0 Å². The molecule has 0 aromatic heterocycles. The number of aliphatic hydroxyl groups is 1. The Balaban J connectivity index is 1.95. The molecule has 276 valence electrons. The zero-order valence-electron chi connectivity index (χ0n) is 31.2. The van der Waals surface area contributed by atoms with Crippen molar-refractivity contribution in [3.05, 3.63) is 65.2 Å². The predicted octanol–water partition coefficient (Wildman–Crippen LogP) is 9.49. The fourth-order valence-electron chi connectivity index (χ4n) is 4.83. The summed E-state index contributed by atoms with van der Waals surface area (Å²) < 4.78 is 42.1. The topological polar surface area (TPSA) is 121 Å². The van der Waals surface area contributed by atoms with Gasteiger partial charge in [0.05, 0.1) is 29.4 Å². The molecule has 2 aromatic rings. The molecule has 0 aliphatic rings. The van der Waals surface area contributed by atoms with Crippen molar-refractivity contribution >= 4 is 20.2 Å². The van der Waals surface area contributed by atoms with Crippen LogP contribution in [0.1, 0.15) is 128 Å². The summed E-state index contributed by atoms with van der Waals surface area (Å²) in [6.45, 7) is 17.5. The van der Waals surface area contributed by atoms with Crippen LogP contribution >= 0.6 is 7.82 Å². The number of nitrogens with zero attached hydrogens (tertiary/aromatic N) is 1. The Hall–Kier alpha value is -2.75. The average Bonchev–Trinajstić information content (AvgIpc) is 2.96. The molecule has 0 spiro atoms. The highest BCUT2D eigenvalue weighted by atomic mass is 31.2. The number of ether oxygens (including phenoxy) is 2. The van der Waals surface area contributed by atoms with E-state index in [2.05, 4.69) is 24.3 Å². The van der Waals surface area contributed by atoms with E-state index in [9.17, 15) is 19.3 Å². The molecule has 0 saturated heterocycles. The van der Waals surface area contributed by atoms with Crippen LogP contribution in [-0.4, -0.2) is 65.5 Å². The summed E-state index contributed by atoms with van der Waals surface area (Å²) in [6.07, 6.45) is 5.60. The lowest BCUT2D eigenvalue weighted by Gasteiger charge is -2.31. The van der Waals surface area contributed by atoms with Crippen LogP contribution < -0.4 is 4.52 Å². The first-order valence-corrected chi connectivity index (χ1v) is 18.8. The molecule has 0 heterocycles. The van der Waals surface area contributed by atoms with Gasteiger partial charge < -0.3 is 24.0 Å². The summed E-state index contributed by atoms with van der Waals surface area (Å²) in [5, 5.41) is 11.2. The molecule has 10 nitrogen and oxygen atoms in total. The third-order valence-corrected chi connectivity index (χ3v) is 8.85. The molecule has 0 bridgehead atoms. The van der Waals surface area contributed by atoms with Crippen molar-refractivity contribution in [3.63, 3.8) is 0 Å². The van der Waals surface area contributed by atoms with Gasteiger partial charge in [0, 0.05) is 19.8 Å². The van der Waals surface area contributed by atoms with E-state index < -0.39 is 36.8 Å². The molecule has 0 aliphatic carbocycles. The first-order valence-electron chi connectivity index (χ1n) is 17.4. The van der Waals surface area contributed by atoms with Gasteiger partial charge in [-0.05, 0) is 118 Å². The molecule has 0 aliphatic heterocycles. The minimum Gasteiger partial charge on any atom is -0.444 e. The van der Waals surface area contributed by atoms with Gasteiger partial charge in [0.2, 0.25) is 0 Å². The van der Waals surface area contributed by atoms with Crippen molar-refractivity contribution in [2.45, 2.75) is 130 Å². The molecule has 11 heteroatoms. The van der Waals surface area contributed by atoms with E-state index in [1.807, 2.05) is 6.07 Å². The van der Waals surface area contributed by atoms with Gasteiger partial charge in [-0.25, -0.2) is 9.36 Å². The molecule has 1 amide bonds. The lowest BCUT2D eigenvalue weighted by atomic mass is 10.0. The second-order valence-electron chi connectivity index (χ2n) is 15.3. The first kappa shape index (κ1) is 42.4. The maximum absolute atomic E-state index is 13.6. The molecule has 0 saturated carbocycles. The van der Waals surface area contributed by atoms with Gasteiger partial charge in [-0.15, -0.1) is 0 Å². The standard InChI is InChI=1S/C38H60NO9P/c1-36(2,3)45-35(42)39(24-16-10-11-17-25-44-26-18-15-21-30-19-13-12-14-20-30)28-33(41)31-22-23-34(32(27-31)29-40)46-49(43,47-37(4,5)6)48-38(7,8)9/h12-14,19-20,22-23,27,29,33,41H,10-11,15-18,21,24-26,28H2,1-9H3. The lowest BCUT2D eigenvalue weighted by molar-refractivity contribution is 0.0137. The molecule has 2 aromatic carbocycles. The number of rotatable bonds is 20. The number of aryl methyl sites for hydroxylation is 1. The maximum atomic E-state index is 13.6. The summed E-state index contributed by atoms with van der Waals surface area (Å²) in [7, 11) is -4.16. The smallest absolute Gasteiger partial charge is 0.444 e. The van der Waals surface area contributed by atoms with Crippen molar-refractivity contribution in [1.82, 2.24) is 4.90 Å². The summed E-state index contributed by atoms with van der Waals surface area (Å²) in [5.74, 6) is -0.0112. The Morgan fingerprint density at radius 2 is 1.41 bits per heavy atom. The van der Waals surface area contributed by atoms with Gasteiger partial charge in [-0.3, -0.25) is 13.8 Å². The summed E-state index contributed by atoms with van der Waals surface area (Å²) in [5.41, 5.74) is -0.646. The van der Waals surface area contributed by atoms with E-state index >= 15 is 0 Å². The molecule has 0 radical (unpaired) electrons. The van der Waals surface area contributed by atoms with Gasteiger partial charge in [0.15, 0.2) is 6.29 Å². The highest BCUT2D eigenvalue weighted by Gasteiger charge is 2.39.